The van der Waals surface area contributed by atoms with E-state index in [1.54, 1.807) is 0 Å². The molecule has 1 saturated carbocycles. The van der Waals surface area contributed by atoms with Gasteiger partial charge < -0.3 is 21.3 Å². The predicted molar refractivity (Wildman–Crippen MR) is 116 cm³/mol. The van der Waals surface area contributed by atoms with Gasteiger partial charge in [0.1, 0.15) is 0 Å². The monoisotopic (exact) mass is 428 g/mol. The summed E-state index contributed by atoms with van der Waals surface area (Å²) in [6.07, 6.45) is 4.78. The largest absolute Gasteiger partial charge is 0.370 e. The van der Waals surface area contributed by atoms with E-state index in [-0.39, 0.29) is 53.9 Å². The van der Waals surface area contributed by atoms with Crippen LogP contribution < -0.4 is 21.3 Å². The van der Waals surface area contributed by atoms with Gasteiger partial charge >= 0.3 is 0 Å². The van der Waals surface area contributed by atoms with Gasteiger partial charge in [0.15, 0.2) is 0 Å². The summed E-state index contributed by atoms with van der Waals surface area (Å²) >= 11 is 0. The molecule has 0 bridgehead atoms. The Morgan fingerprint density at radius 3 is 2.39 bits per heavy atom. The van der Waals surface area contributed by atoms with E-state index in [1.807, 2.05) is 24.3 Å². The van der Waals surface area contributed by atoms with Crippen LogP contribution in [0.25, 0.3) is 0 Å². The van der Waals surface area contributed by atoms with Gasteiger partial charge in [-0.2, -0.15) is 0 Å². The number of anilines is 2. The second-order valence-electron chi connectivity index (χ2n) is 8.04. The van der Waals surface area contributed by atoms with Crippen LogP contribution in [0.15, 0.2) is 24.3 Å². The second-order valence-corrected chi connectivity index (χ2v) is 8.04. The van der Waals surface area contributed by atoms with Gasteiger partial charge in [-0.25, -0.2) is 0 Å². The van der Waals surface area contributed by atoms with Gasteiger partial charge in [0, 0.05) is 24.9 Å². The lowest BCUT2D eigenvalue weighted by Crippen LogP contribution is -2.39. The molecule has 4 rings (SSSR count). The van der Waals surface area contributed by atoms with E-state index in [1.165, 1.54) is 0 Å². The Morgan fingerprint density at radius 1 is 1.11 bits per heavy atom. The third-order valence-electron chi connectivity index (χ3n) is 6.51. The van der Waals surface area contributed by atoms with Crippen LogP contribution >= 0.6 is 24.8 Å². The lowest BCUT2D eigenvalue weighted by atomic mass is 9.91. The van der Waals surface area contributed by atoms with E-state index in [2.05, 4.69) is 15.5 Å². The fourth-order valence-corrected chi connectivity index (χ4v) is 4.68. The molecule has 1 aliphatic carbocycles. The Kier molecular flexibility index (Phi) is 7.59. The van der Waals surface area contributed by atoms with Gasteiger partial charge in [-0.05, 0) is 62.7 Å². The van der Waals surface area contributed by atoms with Crippen molar-refractivity contribution in [1.82, 2.24) is 5.32 Å². The van der Waals surface area contributed by atoms with Crippen LogP contribution in [0, 0.1) is 17.3 Å². The maximum atomic E-state index is 12.8. The van der Waals surface area contributed by atoms with E-state index in [9.17, 15) is 9.59 Å². The Morgan fingerprint density at radius 2 is 1.75 bits per heavy atom. The molecule has 2 saturated heterocycles. The number of primary amides is 1. The number of nitrogens with two attached hydrogens (primary N) is 1. The van der Waals surface area contributed by atoms with Gasteiger partial charge in [0.2, 0.25) is 11.8 Å². The average molecular weight is 429 g/mol. The van der Waals surface area contributed by atoms with Crippen LogP contribution in [0.1, 0.15) is 32.1 Å². The first-order valence-corrected chi connectivity index (χ1v) is 9.74. The summed E-state index contributed by atoms with van der Waals surface area (Å²) in [7, 11) is 0. The number of carbonyl (C=O) groups is 2. The summed E-state index contributed by atoms with van der Waals surface area (Å²) in [6.45, 7) is 3.63. The van der Waals surface area contributed by atoms with E-state index in [0.29, 0.717) is 0 Å². The van der Waals surface area contributed by atoms with Crippen molar-refractivity contribution >= 4 is 48.0 Å². The lowest BCUT2D eigenvalue weighted by molar-refractivity contribution is -0.122. The fraction of sp³-hybridized carbons (Fsp3) is 0.600. The molecule has 8 heteroatoms. The highest BCUT2D eigenvalue weighted by molar-refractivity contribution is 5.98. The standard InChI is InChI=1S/C20H28N4O2.2ClH/c21-18(25)14-5-11-24(12-6-14)17-4-2-1-3-16(17)23-19(26)15-13-20(15)7-9-22-10-8-20;;/h1-4,14-15,22H,5-13H2,(H2,21,25)(H,23,26);2*1H. The molecule has 28 heavy (non-hydrogen) atoms. The molecule has 1 atom stereocenters. The lowest BCUT2D eigenvalue weighted by Gasteiger charge is -2.33. The minimum Gasteiger partial charge on any atom is -0.370 e. The van der Waals surface area contributed by atoms with Crippen LogP contribution in [0.2, 0.25) is 0 Å². The Hall–Kier alpha value is -1.50. The molecule has 2 aliphatic heterocycles. The number of amides is 2. The number of piperidine rings is 2. The molecule has 1 aromatic carbocycles. The zero-order chi connectivity index (χ0) is 18.1. The number of nitrogens with zero attached hydrogens (tertiary/aromatic N) is 1. The van der Waals surface area contributed by atoms with Gasteiger partial charge in [-0.1, -0.05) is 12.1 Å². The van der Waals surface area contributed by atoms with Crippen LogP contribution in [-0.4, -0.2) is 38.0 Å². The summed E-state index contributed by atoms with van der Waals surface area (Å²) in [5.41, 5.74) is 7.60. The smallest absolute Gasteiger partial charge is 0.228 e. The minimum absolute atomic E-state index is 0. The highest BCUT2D eigenvalue weighted by Crippen LogP contribution is 2.58. The number of nitrogens with one attached hydrogen (secondary N) is 2. The number of carbonyl (C=O) groups excluding carboxylic acids is 2. The van der Waals surface area contributed by atoms with Crippen LogP contribution in [0.5, 0.6) is 0 Å². The topological polar surface area (TPSA) is 87.5 Å². The van der Waals surface area contributed by atoms with E-state index in [0.717, 1.165) is 69.7 Å². The fourth-order valence-electron chi connectivity index (χ4n) is 4.68. The van der Waals surface area contributed by atoms with Crippen molar-refractivity contribution in [3.63, 3.8) is 0 Å². The normalized spacial score (nSPS) is 23.3. The van der Waals surface area contributed by atoms with Gasteiger partial charge in [-0.15, -0.1) is 24.8 Å². The van der Waals surface area contributed by atoms with Gasteiger partial charge in [-0.3, -0.25) is 9.59 Å². The predicted octanol–water partition coefficient (Wildman–Crippen LogP) is 2.56. The highest BCUT2D eigenvalue weighted by atomic mass is 35.5. The van der Waals surface area contributed by atoms with Crippen molar-refractivity contribution < 1.29 is 9.59 Å². The highest BCUT2D eigenvalue weighted by Gasteiger charge is 2.57. The Balaban J connectivity index is 0.00000140. The number of hydrogen-bond acceptors (Lipinski definition) is 4. The molecule has 0 radical (unpaired) electrons. The molecule has 1 spiro atoms. The zero-order valence-electron chi connectivity index (χ0n) is 16.0. The molecule has 2 heterocycles. The Bertz CT molecular complexity index is 701. The SMILES string of the molecule is Cl.Cl.NC(=O)C1CCN(c2ccccc2NC(=O)C2CC23CCNCC3)CC1. The molecule has 156 valence electrons. The molecule has 3 aliphatic rings. The average Bonchev–Trinajstić information content (AvgIpc) is 3.36. The van der Waals surface area contributed by atoms with Crippen LogP contribution in [0.3, 0.4) is 0 Å². The molecular weight excluding hydrogens is 399 g/mol. The number of hydrogen-bond donors (Lipinski definition) is 3. The number of benzene rings is 1. The van der Waals surface area contributed by atoms with Gasteiger partial charge in [0.25, 0.3) is 0 Å². The van der Waals surface area contributed by atoms with Crippen molar-refractivity contribution in [2.24, 2.45) is 23.0 Å². The molecule has 1 unspecified atom stereocenters. The Labute approximate surface area is 178 Å². The van der Waals surface area contributed by atoms with Gasteiger partial charge in [0.05, 0.1) is 11.4 Å². The van der Waals surface area contributed by atoms with E-state index in [4.69, 9.17) is 5.73 Å². The third-order valence-corrected chi connectivity index (χ3v) is 6.51. The molecule has 1 aromatic rings. The third kappa shape index (κ3) is 4.56. The first-order valence-electron chi connectivity index (χ1n) is 9.74. The number of halogens is 2. The van der Waals surface area contributed by atoms with E-state index >= 15 is 0 Å². The van der Waals surface area contributed by atoms with Crippen molar-refractivity contribution in [2.45, 2.75) is 32.1 Å². The quantitative estimate of drug-likeness (QED) is 0.687. The molecule has 6 nitrogen and oxygen atoms in total. The van der Waals surface area contributed by atoms with Crippen molar-refractivity contribution in [3.8, 4) is 0 Å². The first kappa shape index (κ1) is 22.8. The van der Waals surface area contributed by atoms with E-state index < -0.39 is 0 Å². The molecule has 0 aromatic heterocycles. The first-order chi connectivity index (χ1) is 12.6. The maximum Gasteiger partial charge on any atom is 0.228 e. The van der Waals surface area contributed by atoms with Crippen LogP contribution in [-0.2, 0) is 9.59 Å². The van der Waals surface area contributed by atoms with Crippen molar-refractivity contribution in [2.75, 3.05) is 36.4 Å². The molecule has 2 amide bonds. The van der Waals surface area contributed by atoms with Crippen LogP contribution in [0.4, 0.5) is 11.4 Å². The van der Waals surface area contributed by atoms with Crippen molar-refractivity contribution in [1.29, 1.82) is 0 Å². The minimum atomic E-state index is -0.202. The number of rotatable bonds is 4. The summed E-state index contributed by atoms with van der Waals surface area (Å²) < 4.78 is 0. The molecular formula is C20H30Cl2N4O2. The van der Waals surface area contributed by atoms with Crippen molar-refractivity contribution in [3.05, 3.63) is 24.3 Å². The second kappa shape index (κ2) is 9.33. The molecule has 4 N–H and O–H groups in total. The summed E-state index contributed by atoms with van der Waals surface area (Å²) in [5.74, 6) is 0.0797. The summed E-state index contributed by atoms with van der Waals surface area (Å²) in [5, 5.41) is 6.56. The zero-order valence-corrected chi connectivity index (χ0v) is 17.6. The maximum absolute atomic E-state index is 12.8. The summed E-state index contributed by atoms with van der Waals surface area (Å²) in [6, 6.07) is 7.98. The number of para-hydroxylation sites is 2. The summed E-state index contributed by atoms with van der Waals surface area (Å²) in [4.78, 5) is 26.4. The molecule has 3 fully saturated rings.